The Morgan fingerprint density at radius 3 is 2.31 bits per heavy atom. The van der Waals surface area contributed by atoms with Crippen molar-refractivity contribution in [3.05, 3.63) is 41.6 Å². The van der Waals surface area contributed by atoms with Gasteiger partial charge < -0.3 is 19.2 Å². The summed E-state index contributed by atoms with van der Waals surface area (Å²) < 4.78 is 86.2. The Labute approximate surface area is 196 Å². The van der Waals surface area contributed by atoms with Crippen LogP contribution >= 0.6 is 0 Å². The van der Waals surface area contributed by atoms with Crippen molar-refractivity contribution in [2.45, 2.75) is 68.0 Å². The van der Waals surface area contributed by atoms with E-state index in [1.54, 1.807) is 0 Å². The normalized spacial score (nSPS) is 27.3. The van der Waals surface area contributed by atoms with E-state index >= 15 is 0 Å². The van der Waals surface area contributed by atoms with Gasteiger partial charge in [-0.3, -0.25) is 9.53 Å². The van der Waals surface area contributed by atoms with Crippen LogP contribution in [0.2, 0.25) is 0 Å². The van der Waals surface area contributed by atoms with Gasteiger partial charge in [0.05, 0.1) is 12.1 Å². The SMILES string of the molecule is O=C(COc1ccc(F)c(F)c1)NC12CCC(c3nnc(C4(OC(F)(F)F)CCC4)o3)(CC1)OC2. The summed E-state index contributed by atoms with van der Waals surface area (Å²) in [6.45, 7) is -0.266. The summed E-state index contributed by atoms with van der Waals surface area (Å²) in [5, 5.41) is 10.7. The van der Waals surface area contributed by atoms with Crippen LogP contribution in [-0.2, 0) is 25.5 Å². The van der Waals surface area contributed by atoms with Crippen molar-refractivity contribution in [3.8, 4) is 5.75 Å². The van der Waals surface area contributed by atoms with E-state index in [0.717, 1.165) is 12.1 Å². The van der Waals surface area contributed by atoms with Gasteiger partial charge in [-0.05, 0) is 57.1 Å². The first-order chi connectivity index (χ1) is 16.5. The van der Waals surface area contributed by atoms with Gasteiger partial charge >= 0.3 is 6.36 Å². The maximum absolute atomic E-state index is 13.3. The van der Waals surface area contributed by atoms with Gasteiger partial charge in [0.15, 0.2) is 23.8 Å². The van der Waals surface area contributed by atoms with Gasteiger partial charge in [0, 0.05) is 6.07 Å². The fraction of sp³-hybridized carbons (Fsp3) is 0.591. The number of nitrogens with one attached hydrogen (secondary N) is 1. The molecule has 6 rings (SSSR count). The van der Waals surface area contributed by atoms with Crippen LogP contribution < -0.4 is 10.1 Å². The summed E-state index contributed by atoms with van der Waals surface area (Å²) in [5.74, 6) is -2.64. The molecule has 8 nitrogen and oxygen atoms in total. The summed E-state index contributed by atoms with van der Waals surface area (Å²) in [5.41, 5.74) is -3.26. The van der Waals surface area contributed by atoms with E-state index in [4.69, 9.17) is 13.9 Å². The van der Waals surface area contributed by atoms with Crippen LogP contribution in [-0.4, -0.2) is 41.2 Å². The second-order valence-electron chi connectivity index (χ2n) is 9.28. The quantitative estimate of drug-likeness (QED) is 0.571. The Bertz CT molecular complexity index is 1090. The van der Waals surface area contributed by atoms with E-state index < -0.39 is 47.3 Å². The van der Waals surface area contributed by atoms with E-state index in [0.29, 0.717) is 32.1 Å². The van der Waals surface area contributed by atoms with Gasteiger partial charge in [-0.1, -0.05) is 0 Å². The molecule has 0 atom stereocenters. The van der Waals surface area contributed by atoms with E-state index in [1.807, 2.05) is 0 Å². The van der Waals surface area contributed by atoms with Gasteiger partial charge in [0.2, 0.25) is 11.8 Å². The first-order valence-electron chi connectivity index (χ1n) is 11.2. The molecule has 13 heteroatoms. The van der Waals surface area contributed by atoms with Gasteiger partial charge in [0.25, 0.3) is 5.91 Å². The van der Waals surface area contributed by atoms with E-state index in [9.17, 15) is 26.7 Å². The molecule has 2 aromatic rings. The summed E-state index contributed by atoms with van der Waals surface area (Å²) in [6.07, 6.45) is -2.19. The molecule has 2 bridgehead atoms. The molecule has 2 aliphatic heterocycles. The molecule has 0 unspecified atom stereocenters. The monoisotopic (exact) mass is 503 g/mol. The van der Waals surface area contributed by atoms with Crippen molar-refractivity contribution in [3.63, 3.8) is 0 Å². The molecular weight excluding hydrogens is 481 g/mol. The van der Waals surface area contributed by atoms with E-state index in [-0.39, 0.29) is 37.0 Å². The Morgan fingerprint density at radius 1 is 1.03 bits per heavy atom. The minimum Gasteiger partial charge on any atom is -0.484 e. The number of aromatic nitrogens is 2. The molecule has 4 fully saturated rings. The first-order valence-corrected chi connectivity index (χ1v) is 11.2. The highest BCUT2D eigenvalue weighted by molar-refractivity contribution is 5.78. The highest BCUT2D eigenvalue weighted by Crippen LogP contribution is 2.51. The third kappa shape index (κ3) is 4.58. The number of hydrogen-bond acceptors (Lipinski definition) is 7. The number of carbonyl (C=O) groups is 1. The molecule has 1 aromatic heterocycles. The summed E-state index contributed by atoms with van der Waals surface area (Å²) in [6, 6.07) is 2.97. The fourth-order valence-electron chi connectivity index (χ4n) is 4.85. The first kappa shape index (κ1) is 23.9. The van der Waals surface area contributed by atoms with Gasteiger partial charge in [-0.2, -0.15) is 0 Å². The summed E-state index contributed by atoms with van der Waals surface area (Å²) >= 11 is 0. The molecule has 35 heavy (non-hydrogen) atoms. The van der Waals surface area contributed by atoms with Crippen molar-refractivity contribution < 1.29 is 45.4 Å². The zero-order chi connectivity index (χ0) is 24.9. The van der Waals surface area contributed by atoms with Gasteiger partial charge in [-0.15, -0.1) is 23.4 Å². The highest BCUT2D eigenvalue weighted by atomic mass is 19.4. The zero-order valence-corrected chi connectivity index (χ0v) is 18.4. The Hall–Kier alpha value is -2.80. The summed E-state index contributed by atoms with van der Waals surface area (Å²) in [4.78, 5) is 12.4. The number of nitrogens with zero attached hydrogens (tertiary/aromatic N) is 2. The largest absolute Gasteiger partial charge is 0.523 e. The maximum Gasteiger partial charge on any atom is 0.523 e. The van der Waals surface area contributed by atoms with Crippen molar-refractivity contribution in [1.29, 1.82) is 0 Å². The van der Waals surface area contributed by atoms with Crippen molar-refractivity contribution in [2.24, 2.45) is 0 Å². The lowest BCUT2D eigenvalue weighted by Crippen LogP contribution is -2.62. The lowest BCUT2D eigenvalue weighted by Gasteiger charge is -2.51. The van der Waals surface area contributed by atoms with E-state index in [1.165, 1.54) is 6.07 Å². The topological polar surface area (TPSA) is 95.7 Å². The standard InChI is InChI=1S/C22H22F5N3O5/c23-14-3-2-13(10-15(14)24)32-11-16(31)28-19-6-8-20(9-7-19,33-12-19)17-29-30-18(34-17)21(4-1-5-21)35-22(25,26)27/h2-3,10H,1,4-9,11-12H2,(H,28,31). The summed E-state index contributed by atoms with van der Waals surface area (Å²) in [7, 11) is 0. The van der Waals surface area contributed by atoms with Gasteiger partial charge in [-0.25, -0.2) is 8.78 Å². The average molecular weight is 503 g/mol. The fourth-order valence-corrected chi connectivity index (χ4v) is 4.85. The third-order valence-corrected chi connectivity index (χ3v) is 6.98. The number of ether oxygens (including phenoxy) is 3. The molecule has 2 aliphatic carbocycles. The van der Waals surface area contributed by atoms with Crippen LogP contribution in [0.25, 0.3) is 0 Å². The van der Waals surface area contributed by atoms with Crippen molar-refractivity contribution in [1.82, 2.24) is 15.5 Å². The molecule has 1 aromatic carbocycles. The smallest absolute Gasteiger partial charge is 0.484 e. The molecule has 0 spiro atoms. The predicted octanol–water partition coefficient (Wildman–Crippen LogP) is 4.00. The average Bonchev–Trinajstić information content (AvgIpc) is 3.29. The van der Waals surface area contributed by atoms with E-state index in [2.05, 4.69) is 20.3 Å². The number of amides is 1. The second-order valence-corrected chi connectivity index (χ2v) is 9.28. The van der Waals surface area contributed by atoms with Crippen LogP contribution in [0.3, 0.4) is 0 Å². The van der Waals surface area contributed by atoms with Crippen LogP contribution in [0.1, 0.15) is 56.7 Å². The molecule has 0 radical (unpaired) electrons. The number of benzene rings is 1. The van der Waals surface area contributed by atoms with Crippen LogP contribution in [0.15, 0.2) is 22.6 Å². The lowest BCUT2D eigenvalue weighted by atomic mass is 9.71. The minimum atomic E-state index is -4.83. The second kappa shape index (κ2) is 8.40. The van der Waals surface area contributed by atoms with Crippen LogP contribution in [0.4, 0.5) is 22.0 Å². The highest BCUT2D eigenvalue weighted by Gasteiger charge is 2.56. The number of halogens is 5. The predicted molar refractivity (Wildman–Crippen MR) is 106 cm³/mol. The molecule has 2 saturated carbocycles. The van der Waals surface area contributed by atoms with Crippen LogP contribution in [0, 0.1) is 11.6 Å². The number of rotatable bonds is 7. The number of alkyl halides is 3. The third-order valence-electron chi connectivity index (χ3n) is 6.98. The molecule has 3 heterocycles. The molecule has 4 aliphatic rings. The van der Waals surface area contributed by atoms with Gasteiger partial charge in [0.1, 0.15) is 11.4 Å². The van der Waals surface area contributed by atoms with Crippen molar-refractivity contribution in [2.75, 3.05) is 13.2 Å². The molecular formula is C22H22F5N3O5. The zero-order valence-electron chi connectivity index (χ0n) is 18.4. The maximum atomic E-state index is 13.3. The molecule has 1 N–H and O–H groups in total. The lowest BCUT2D eigenvalue weighted by molar-refractivity contribution is -0.387. The Morgan fingerprint density at radius 2 is 1.74 bits per heavy atom. The number of carbonyl (C=O) groups excluding carboxylic acids is 1. The number of hydrogen-bond donors (Lipinski definition) is 1. The molecule has 190 valence electrons. The molecule has 2 saturated heterocycles. The Kier molecular flexibility index (Phi) is 5.74. The van der Waals surface area contributed by atoms with Crippen molar-refractivity contribution >= 4 is 5.91 Å². The number of fused-ring (bicyclic) bond motifs is 3. The Balaban J connectivity index is 1.20. The molecule has 1 amide bonds. The minimum absolute atomic E-state index is 0.0186. The van der Waals surface area contributed by atoms with Crippen LogP contribution in [0.5, 0.6) is 5.75 Å².